The molecule has 0 amide bonds. The molecule has 0 bridgehead atoms. The molecule has 0 spiro atoms. The number of nitrogens with zero attached hydrogens (tertiary/aromatic N) is 1. The van der Waals surface area contributed by atoms with Crippen LogP contribution < -0.4 is 4.89 Å². The van der Waals surface area contributed by atoms with Crippen molar-refractivity contribution in [3.63, 3.8) is 0 Å². The van der Waals surface area contributed by atoms with E-state index in [4.69, 9.17) is 0 Å². The highest BCUT2D eigenvalue weighted by atomic mass is 31.2. The molecule has 1 saturated heterocycles. The first-order chi connectivity index (χ1) is 10.2. The van der Waals surface area contributed by atoms with E-state index in [0.717, 1.165) is 0 Å². The Bertz CT molecular complexity index is 447. The van der Waals surface area contributed by atoms with Gasteiger partial charge in [0, 0.05) is 12.8 Å². The van der Waals surface area contributed by atoms with Crippen LogP contribution in [0, 0.1) is 0 Å². The van der Waals surface area contributed by atoms with Crippen LogP contribution in [0.5, 0.6) is 0 Å². The molecule has 0 N–H and O–H groups in total. The highest BCUT2D eigenvalue weighted by molar-refractivity contribution is 7.59. The van der Waals surface area contributed by atoms with E-state index in [1.165, 1.54) is 30.4 Å². The summed E-state index contributed by atoms with van der Waals surface area (Å²) in [6.45, 7) is 2.78. The first-order valence-corrected chi connectivity index (χ1v) is 7.85. The molecule has 0 atom stereocenters. The van der Waals surface area contributed by atoms with Gasteiger partial charge >= 0.3 is 23.7 Å². The summed E-state index contributed by atoms with van der Waals surface area (Å²) in [4.78, 5) is 10.1. The second-order valence-electron chi connectivity index (χ2n) is 5.72. The molecule has 14 heteroatoms. The Kier molecular flexibility index (Phi) is 6.48. The number of rotatable bonds is 2. The zero-order chi connectivity index (χ0) is 19.8. The predicted molar refractivity (Wildman–Crippen MR) is 60.7 cm³/mol. The summed E-state index contributed by atoms with van der Waals surface area (Å²) in [5.74, 6) is 0. The van der Waals surface area contributed by atoms with Crippen LogP contribution >= 0.6 is 7.37 Å². The minimum atomic E-state index is -8.51. The molecular formula is C10H14F10NO2P. The van der Waals surface area contributed by atoms with Gasteiger partial charge in [-0.1, -0.05) is 0 Å². The van der Waals surface area contributed by atoms with Crippen molar-refractivity contribution in [2.24, 2.45) is 0 Å². The quantitative estimate of drug-likeness (QED) is 0.401. The minimum absolute atomic E-state index is 1.25. The fourth-order valence-corrected chi connectivity index (χ4v) is 2.72. The third-order valence-corrected chi connectivity index (χ3v) is 5.18. The van der Waals surface area contributed by atoms with Crippen molar-refractivity contribution >= 4 is 7.37 Å². The van der Waals surface area contributed by atoms with Crippen molar-refractivity contribution < 1.29 is 57.8 Å². The maximum Gasteiger partial charge on any atom is 0.459 e. The van der Waals surface area contributed by atoms with Gasteiger partial charge in [-0.05, 0) is 0 Å². The zero-order valence-electron chi connectivity index (χ0n) is 12.3. The van der Waals surface area contributed by atoms with Crippen molar-refractivity contribution in [2.45, 2.75) is 36.5 Å². The molecule has 0 saturated carbocycles. The topological polar surface area (TPSA) is 40.1 Å². The number of hydrogen-bond donors (Lipinski definition) is 0. The van der Waals surface area contributed by atoms with E-state index in [0.29, 0.717) is 0 Å². The fraction of sp³-hybridized carbons (Fsp3) is 1.00. The standard InChI is InChI=1S/C6H14N.C4HF10O2P/c1-7(2)5-3-4-6-7;5-1(6,7)3(11,12)17(15,16)4(13,14)2(8,9)10/h3-6H2,1-2H3;(H,15,16)/q+1;/p-1. The van der Waals surface area contributed by atoms with E-state index in [9.17, 15) is 53.4 Å². The molecule has 0 aliphatic carbocycles. The van der Waals surface area contributed by atoms with Gasteiger partial charge in [0.25, 0.3) is 0 Å². The Morgan fingerprint density at radius 2 is 1.00 bits per heavy atom. The summed E-state index contributed by atoms with van der Waals surface area (Å²) in [5, 5.41) is 0. The van der Waals surface area contributed by atoms with E-state index in [2.05, 4.69) is 14.1 Å². The largest absolute Gasteiger partial charge is 0.790 e. The van der Waals surface area contributed by atoms with Crippen molar-refractivity contribution in [3.8, 4) is 0 Å². The monoisotopic (exact) mass is 401 g/mol. The highest BCUT2D eigenvalue weighted by Crippen LogP contribution is 2.72. The zero-order valence-corrected chi connectivity index (χ0v) is 13.2. The molecule has 1 fully saturated rings. The Morgan fingerprint density at radius 3 is 1.12 bits per heavy atom. The van der Waals surface area contributed by atoms with Gasteiger partial charge in [-0.3, -0.25) is 0 Å². The molecule has 1 rings (SSSR count). The highest BCUT2D eigenvalue weighted by Gasteiger charge is 2.78. The lowest BCUT2D eigenvalue weighted by molar-refractivity contribution is -0.877. The molecule has 1 heterocycles. The number of halogens is 10. The Morgan fingerprint density at radius 1 is 0.750 bits per heavy atom. The van der Waals surface area contributed by atoms with Gasteiger partial charge in [0.1, 0.15) is 0 Å². The van der Waals surface area contributed by atoms with Crippen molar-refractivity contribution in [3.05, 3.63) is 0 Å². The van der Waals surface area contributed by atoms with Gasteiger partial charge in [-0.2, -0.15) is 43.9 Å². The van der Waals surface area contributed by atoms with Crippen molar-refractivity contribution in [2.75, 3.05) is 27.2 Å². The van der Waals surface area contributed by atoms with Crippen LogP contribution in [0.1, 0.15) is 12.8 Å². The number of quaternary nitrogens is 1. The average Bonchev–Trinajstić information content (AvgIpc) is 2.71. The molecule has 24 heavy (non-hydrogen) atoms. The Labute approximate surface area is 130 Å². The molecule has 0 aromatic carbocycles. The van der Waals surface area contributed by atoms with Crippen LogP contribution in [0.4, 0.5) is 43.9 Å². The Hall–Kier alpha value is -0.550. The summed E-state index contributed by atoms with van der Waals surface area (Å²) in [5.41, 5.74) is -14.4. The first-order valence-electron chi connectivity index (χ1n) is 6.23. The number of alkyl halides is 10. The van der Waals surface area contributed by atoms with Crippen LogP contribution in [0.2, 0.25) is 0 Å². The summed E-state index contributed by atoms with van der Waals surface area (Å²) in [6, 6.07) is 0. The lowest BCUT2D eigenvalue weighted by Crippen LogP contribution is -2.50. The summed E-state index contributed by atoms with van der Waals surface area (Å²) < 4.78 is 128. The average molecular weight is 401 g/mol. The summed E-state index contributed by atoms with van der Waals surface area (Å²) in [6.07, 6.45) is -11.3. The number of hydrogen-bond acceptors (Lipinski definition) is 2. The maximum absolute atomic E-state index is 12.1. The second kappa shape index (κ2) is 6.64. The molecule has 3 nitrogen and oxygen atoms in total. The van der Waals surface area contributed by atoms with E-state index in [-0.39, 0.29) is 0 Å². The third kappa shape index (κ3) is 4.54. The van der Waals surface area contributed by atoms with Gasteiger partial charge in [0.05, 0.1) is 27.2 Å². The lowest BCUT2D eigenvalue weighted by atomic mass is 10.4. The second-order valence-corrected chi connectivity index (χ2v) is 7.95. The molecule has 1 aliphatic heterocycles. The number of likely N-dealkylation sites (tertiary alicyclic amines) is 1. The van der Waals surface area contributed by atoms with E-state index >= 15 is 0 Å². The Balaban J connectivity index is 0.000000620. The first kappa shape index (κ1) is 23.4. The van der Waals surface area contributed by atoms with Crippen LogP contribution in [0.3, 0.4) is 0 Å². The van der Waals surface area contributed by atoms with Crippen molar-refractivity contribution in [1.82, 2.24) is 0 Å². The normalized spacial score (nSPS) is 19.7. The predicted octanol–water partition coefficient (Wildman–Crippen LogP) is 3.79. The van der Waals surface area contributed by atoms with Crippen LogP contribution in [-0.4, -0.2) is 55.3 Å². The summed E-state index contributed by atoms with van der Waals surface area (Å²) in [7, 11) is -3.91. The van der Waals surface area contributed by atoms with Crippen molar-refractivity contribution in [1.29, 1.82) is 0 Å². The van der Waals surface area contributed by atoms with Gasteiger partial charge in [0.15, 0.2) is 7.37 Å². The fourth-order valence-electron chi connectivity index (χ4n) is 1.70. The molecule has 0 unspecified atom stereocenters. The SMILES string of the molecule is C[N+]1(C)CCCC1.O=P([O-])(C(F)(F)C(F)(F)F)C(F)(F)C(F)(F)F. The van der Waals surface area contributed by atoms with Crippen LogP contribution in [0.25, 0.3) is 0 Å². The third-order valence-electron chi connectivity index (χ3n) is 3.20. The van der Waals surface area contributed by atoms with Gasteiger partial charge < -0.3 is 13.9 Å². The molecule has 0 aromatic heterocycles. The van der Waals surface area contributed by atoms with Crippen LogP contribution in [0.15, 0.2) is 0 Å². The van der Waals surface area contributed by atoms with Gasteiger partial charge in [-0.15, -0.1) is 0 Å². The van der Waals surface area contributed by atoms with E-state index in [1.54, 1.807) is 0 Å². The maximum atomic E-state index is 12.1. The molecule has 146 valence electrons. The molecule has 0 aromatic rings. The molecule has 0 radical (unpaired) electrons. The van der Waals surface area contributed by atoms with Gasteiger partial charge in [0.2, 0.25) is 0 Å². The molecular weight excluding hydrogens is 387 g/mol. The molecule has 1 aliphatic rings. The van der Waals surface area contributed by atoms with Gasteiger partial charge in [-0.25, -0.2) is 0 Å². The van der Waals surface area contributed by atoms with E-state index in [1.807, 2.05) is 0 Å². The smallest absolute Gasteiger partial charge is 0.459 e. The summed E-state index contributed by atoms with van der Waals surface area (Å²) >= 11 is 0. The lowest BCUT2D eigenvalue weighted by Gasteiger charge is -2.38. The minimum Gasteiger partial charge on any atom is -0.790 e. The van der Waals surface area contributed by atoms with Crippen LogP contribution in [-0.2, 0) is 4.57 Å². The van der Waals surface area contributed by atoms with E-state index < -0.39 is 31.0 Å².